The van der Waals surface area contributed by atoms with Crippen LogP contribution in [0.3, 0.4) is 0 Å². The molecule has 0 unspecified atom stereocenters. The molecule has 19 heavy (non-hydrogen) atoms. The van der Waals surface area contributed by atoms with Gasteiger partial charge in [-0.1, -0.05) is 13.3 Å². The monoisotopic (exact) mass is 263 g/mol. The van der Waals surface area contributed by atoms with Crippen LogP contribution in [0.5, 0.6) is 0 Å². The molecule has 100 valence electrons. The van der Waals surface area contributed by atoms with E-state index in [0.717, 1.165) is 6.42 Å². The van der Waals surface area contributed by atoms with Crippen molar-refractivity contribution in [3.05, 3.63) is 41.5 Å². The number of benzene rings is 1. The van der Waals surface area contributed by atoms with E-state index in [9.17, 15) is 9.18 Å². The zero-order chi connectivity index (χ0) is 13.8. The van der Waals surface area contributed by atoms with Gasteiger partial charge in [-0.3, -0.25) is 0 Å². The summed E-state index contributed by atoms with van der Waals surface area (Å²) in [6.45, 7) is 1.98. The normalized spacial score (nSPS) is 10.5. The first-order valence-corrected chi connectivity index (χ1v) is 5.99. The molecule has 2 aromatic rings. The third kappa shape index (κ3) is 2.81. The highest BCUT2D eigenvalue weighted by Gasteiger charge is 2.20. The van der Waals surface area contributed by atoms with E-state index in [-0.39, 0.29) is 11.6 Å². The van der Waals surface area contributed by atoms with Crippen molar-refractivity contribution in [3.63, 3.8) is 0 Å². The Kier molecular flexibility index (Phi) is 3.94. The smallest absolute Gasteiger partial charge is 0.376 e. The maximum atomic E-state index is 12.9. The molecule has 2 rings (SSSR count). The van der Waals surface area contributed by atoms with E-state index in [1.54, 1.807) is 12.1 Å². The molecular formula is C14H14FNO3. The van der Waals surface area contributed by atoms with E-state index in [0.29, 0.717) is 23.6 Å². The van der Waals surface area contributed by atoms with Crippen LogP contribution in [0.25, 0.3) is 11.5 Å². The van der Waals surface area contributed by atoms with Crippen LogP contribution >= 0.6 is 0 Å². The molecule has 0 atom stereocenters. The van der Waals surface area contributed by atoms with Crippen LogP contribution in [-0.2, 0) is 11.2 Å². The number of aromatic nitrogens is 1. The largest absolute Gasteiger partial charge is 0.463 e. The third-order valence-electron chi connectivity index (χ3n) is 2.65. The highest BCUT2D eigenvalue weighted by molar-refractivity contribution is 5.87. The molecule has 0 radical (unpaired) electrons. The highest BCUT2D eigenvalue weighted by atomic mass is 19.1. The van der Waals surface area contributed by atoms with E-state index in [1.807, 2.05) is 6.92 Å². The van der Waals surface area contributed by atoms with Crippen molar-refractivity contribution in [3.8, 4) is 11.5 Å². The zero-order valence-electron chi connectivity index (χ0n) is 10.8. The molecule has 0 bridgehead atoms. The Hall–Kier alpha value is -2.17. The van der Waals surface area contributed by atoms with Crippen molar-refractivity contribution >= 4 is 5.97 Å². The summed E-state index contributed by atoms with van der Waals surface area (Å²) >= 11 is 0. The predicted molar refractivity (Wildman–Crippen MR) is 67.2 cm³/mol. The van der Waals surface area contributed by atoms with Crippen LogP contribution in [-0.4, -0.2) is 18.1 Å². The Bertz CT molecular complexity index is 575. The fraction of sp³-hybridized carbons (Fsp3) is 0.286. The first-order valence-electron chi connectivity index (χ1n) is 5.99. The summed E-state index contributed by atoms with van der Waals surface area (Å²) in [6.07, 6.45) is 1.45. The van der Waals surface area contributed by atoms with Gasteiger partial charge in [0, 0.05) is 5.56 Å². The average Bonchev–Trinajstić information content (AvgIpc) is 2.83. The maximum Gasteiger partial charge on any atom is 0.376 e. The van der Waals surface area contributed by atoms with Crippen molar-refractivity contribution in [2.75, 3.05) is 7.11 Å². The Morgan fingerprint density at radius 2 is 2.05 bits per heavy atom. The molecule has 0 N–H and O–H groups in total. The van der Waals surface area contributed by atoms with Crippen LogP contribution in [0.4, 0.5) is 4.39 Å². The van der Waals surface area contributed by atoms with Gasteiger partial charge in [-0.15, -0.1) is 0 Å². The lowest BCUT2D eigenvalue weighted by atomic mass is 10.2. The Labute approximate surface area is 110 Å². The van der Waals surface area contributed by atoms with Crippen molar-refractivity contribution < 1.29 is 18.3 Å². The van der Waals surface area contributed by atoms with Crippen molar-refractivity contribution in [2.45, 2.75) is 19.8 Å². The number of hydrogen-bond acceptors (Lipinski definition) is 4. The molecule has 1 aromatic carbocycles. The van der Waals surface area contributed by atoms with Crippen LogP contribution in [0, 0.1) is 5.82 Å². The fourth-order valence-electron chi connectivity index (χ4n) is 1.73. The number of esters is 1. The number of oxazole rings is 1. The minimum absolute atomic E-state index is 0.115. The van der Waals surface area contributed by atoms with Gasteiger partial charge in [0.1, 0.15) is 5.82 Å². The van der Waals surface area contributed by atoms with E-state index in [4.69, 9.17) is 4.42 Å². The Morgan fingerprint density at radius 3 is 2.63 bits per heavy atom. The summed E-state index contributed by atoms with van der Waals surface area (Å²) in [6, 6.07) is 5.74. The van der Waals surface area contributed by atoms with Crippen LogP contribution in [0.2, 0.25) is 0 Å². The van der Waals surface area contributed by atoms with Gasteiger partial charge in [-0.05, 0) is 30.7 Å². The Morgan fingerprint density at radius 1 is 1.37 bits per heavy atom. The second kappa shape index (κ2) is 5.65. The van der Waals surface area contributed by atoms with Crippen LogP contribution in [0.1, 0.15) is 29.6 Å². The van der Waals surface area contributed by atoms with Gasteiger partial charge in [0.25, 0.3) is 0 Å². The van der Waals surface area contributed by atoms with Crippen molar-refractivity contribution in [1.82, 2.24) is 4.98 Å². The quantitative estimate of drug-likeness (QED) is 0.795. The van der Waals surface area contributed by atoms with Crippen LogP contribution < -0.4 is 0 Å². The molecule has 0 spiro atoms. The number of carbonyl (C=O) groups excluding carboxylic acids is 1. The molecule has 0 aliphatic heterocycles. The van der Waals surface area contributed by atoms with Gasteiger partial charge >= 0.3 is 5.97 Å². The number of rotatable bonds is 4. The first-order chi connectivity index (χ1) is 9.15. The van der Waals surface area contributed by atoms with Gasteiger partial charge in [-0.25, -0.2) is 14.2 Å². The summed E-state index contributed by atoms with van der Waals surface area (Å²) in [4.78, 5) is 15.9. The van der Waals surface area contributed by atoms with Gasteiger partial charge in [0.2, 0.25) is 11.7 Å². The molecule has 0 saturated carbocycles. The van der Waals surface area contributed by atoms with Crippen LogP contribution in [0.15, 0.2) is 28.7 Å². The first kappa shape index (κ1) is 13.3. The second-order valence-electron chi connectivity index (χ2n) is 4.04. The molecule has 5 heteroatoms. The average molecular weight is 263 g/mol. The zero-order valence-corrected chi connectivity index (χ0v) is 10.8. The van der Waals surface area contributed by atoms with E-state index < -0.39 is 5.97 Å². The van der Waals surface area contributed by atoms with Gasteiger partial charge in [0.05, 0.1) is 12.8 Å². The number of methoxy groups -OCH3 is 1. The maximum absolute atomic E-state index is 12.9. The number of ether oxygens (including phenoxy) is 1. The number of halogens is 1. The summed E-state index contributed by atoms with van der Waals surface area (Å²) in [7, 11) is 1.29. The van der Waals surface area contributed by atoms with E-state index in [1.165, 1.54) is 19.2 Å². The third-order valence-corrected chi connectivity index (χ3v) is 2.65. The molecule has 0 aliphatic carbocycles. The van der Waals surface area contributed by atoms with E-state index >= 15 is 0 Å². The topological polar surface area (TPSA) is 52.3 Å². The van der Waals surface area contributed by atoms with Crippen molar-refractivity contribution in [2.24, 2.45) is 0 Å². The van der Waals surface area contributed by atoms with Gasteiger partial charge < -0.3 is 9.15 Å². The summed E-state index contributed by atoms with van der Waals surface area (Å²) < 4.78 is 23.0. The number of aryl methyl sites for hydroxylation is 1. The van der Waals surface area contributed by atoms with E-state index in [2.05, 4.69) is 9.72 Å². The molecule has 0 amide bonds. The lowest BCUT2D eigenvalue weighted by Gasteiger charge is -1.96. The van der Waals surface area contributed by atoms with Crippen molar-refractivity contribution in [1.29, 1.82) is 0 Å². The summed E-state index contributed by atoms with van der Waals surface area (Å²) in [5, 5.41) is 0. The number of nitrogens with zero attached hydrogens (tertiary/aromatic N) is 1. The SMILES string of the molecule is CCCc1nc(-c2ccc(F)cc2)oc1C(=O)OC. The lowest BCUT2D eigenvalue weighted by molar-refractivity contribution is 0.0564. The fourth-order valence-corrected chi connectivity index (χ4v) is 1.73. The second-order valence-corrected chi connectivity index (χ2v) is 4.04. The van der Waals surface area contributed by atoms with Gasteiger partial charge in [-0.2, -0.15) is 0 Å². The molecule has 4 nitrogen and oxygen atoms in total. The molecule has 1 heterocycles. The number of carbonyl (C=O) groups is 1. The lowest BCUT2D eigenvalue weighted by Crippen LogP contribution is -2.03. The molecule has 0 fully saturated rings. The standard InChI is InChI=1S/C14H14FNO3/c1-3-4-11-12(14(17)18-2)19-13(16-11)9-5-7-10(15)8-6-9/h5-8H,3-4H2,1-2H3. The number of hydrogen-bond donors (Lipinski definition) is 0. The minimum atomic E-state index is -0.552. The minimum Gasteiger partial charge on any atom is -0.463 e. The molecule has 0 aliphatic rings. The highest BCUT2D eigenvalue weighted by Crippen LogP contribution is 2.23. The summed E-state index contributed by atoms with van der Waals surface area (Å²) in [5.41, 5.74) is 1.18. The molecular weight excluding hydrogens is 249 g/mol. The molecule has 0 saturated heterocycles. The predicted octanol–water partition coefficient (Wildman–Crippen LogP) is 3.22. The Balaban J connectivity index is 2.41. The summed E-state index contributed by atoms with van der Waals surface area (Å²) in [5.74, 6) is -0.478. The molecule has 1 aromatic heterocycles. The van der Waals surface area contributed by atoms with Gasteiger partial charge in [0.15, 0.2) is 0 Å².